The number of fused-ring (bicyclic) bond motifs is 2. The molecule has 0 radical (unpaired) electrons. The monoisotopic (exact) mass is 519 g/mol. The fourth-order valence-corrected chi connectivity index (χ4v) is 5.23. The molecule has 14 nitrogen and oxygen atoms in total. The number of carboxylic acid groups (broad SMARTS) is 1. The maximum absolute atomic E-state index is 11.7. The maximum atomic E-state index is 11.7. The van der Waals surface area contributed by atoms with Gasteiger partial charge < -0.3 is 31.7 Å². The minimum Gasteiger partial charge on any atom is -0.477 e. The van der Waals surface area contributed by atoms with Crippen LogP contribution in [-0.2, 0) is 19.2 Å². The zero-order valence-corrected chi connectivity index (χ0v) is 20.0. The summed E-state index contributed by atoms with van der Waals surface area (Å²) < 4.78 is 3.75. The van der Waals surface area contributed by atoms with Gasteiger partial charge in [0, 0.05) is 42.4 Å². The van der Waals surface area contributed by atoms with E-state index in [2.05, 4.69) is 24.8 Å². The molecule has 1 saturated heterocycles. The molecule has 1 fully saturated rings. The maximum Gasteiger partial charge on any atom is 0.352 e. The highest BCUT2D eigenvalue weighted by atomic mass is 32.2. The fourth-order valence-electron chi connectivity index (χ4n) is 3.54. The van der Waals surface area contributed by atoms with Crippen LogP contribution in [0.1, 0.15) is 12.2 Å². The van der Waals surface area contributed by atoms with Gasteiger partial charge in [0.2, 0.25) is 17.4 Å². The van der Waals surface area contributed by atoms with E-state index >= 15 is 0 Å². The Bertz CT molecular complexity index is 1200. The molecule has 4 aliphatic rings. The number of aliphatic carboxylic acids is 1. The number of allylic oxidation sites excluding steroid dienone is 2. The number of hydrazine groups is 1. The van der Waals surface area contributed by atoms with Crippen LogP contribution >= 0.6 is 23.3 Å². The summed E-state index contributed by atoms with van der Waals surface area (Å²) in [7, 11) is 1.29. The van der Waals surface area contributed by atoms with Crippen LogP contribution in [0.4, 0.5) is 5.13 Å². The standard InChI is InChI=1S/C14H14N4O3S.C5H7N5O2S/c19-11-6-12-18(11)13(14(20)21)9(8-22-12)7-16-4-5-17-10(16)2-1-3-15-17;1-12-9-2(3(6)11)4-8-5(7)13-10-4/h1-5,12,15H,6-8H2,(H,20,21);1H3,(H2,6,11)(H2,7,8,10)/b;9-2+/t12-;/m0./s1. The van der Waals surface area contributed by atoms with E-state index in [0.717, 1.165) is 22.9 Å². The number of nitrogens with one attached hydrogen (secondary N) is 1. The second-order valence-corrected chi connectivity index (χ2v) is 9.19. The first-order chi connectivity index (χ1) is 16.8. The highest BCUT2D eigenvalue weighted by molar-refractivity contribution is 8.00. The third kappa shape index (κ3) is 4.92. The number of nitrogens with zero attached hydrogens (tertiary/aromatic N) is 6. The van der Waals surface area contributed by atoms with Gasteiger partial charge in [0.1, 0.15) is 18.6 Å². The van der Waals surface area contributed by atoms with E-state index in [-0.39, 0.29) is 33.6 Å². The number of β-lactam (4-membered cyclic amide) rings is 1. The number of amides is 2. The summed E-state index contributed by atoms with van der Waals surface area (Å²) in [5.41, 5.74) is 14.2. The topological polar surface area (TPSA) is 193 Å². The third-order valence-corrected chi connectivity index (χ3v) is 6.88. The lowest BCUT2D eigenvalue weighted by atomic mass is 10.1. The molecule has 0 aliphatic carbocycles. The molecule has 6 N–H and O–H groups in total. The number of nitrogen functional groups attached to an aromatic ring is 1. The second-order valence-electron chi connectivity index (χ2n) is 7.24. The van der Waals surface area contributed by atoms with Gasteiger partial charge >= 0.3 is 5.97 Å². The van der Waals surface area contributed by atoms with Gasteiger partial charge in [-0.15, -0.1) is 11.8 Å². The first kappa shape index (κ1) is 24.1. The summed E-state index contributed by atoms with van der Waals surface area (Å²) in [6, 6.07) is 0. The molecule has 0 saturated carbocycles. The van der Waals surface area contributed by atoms with Crippen molar-refractivity contribution < 1.29 is 24.3 Å². The SMILES string of the molecule is CO/N=C(\C(N)=O)c1nsc(N)n1.O=C(O)C1=C(CN2C=CN3NC=CC=C23)CS[C@H]2CC(=O)N12. The van der Waals surface area contributed by atoms with Crippen molar-refractivity contribution >= 4 is 51.9 Å². The number of nitrogens with two attached hydrogens (primary N) is 2. The van der Waals surface area contributed by atoms with Gasteiger partial charge in [-0.2, -0.15) is 9.36 Å². The van der Waals surface area contributed by atoms with Crippen LogP contribution in [0, 0.1) is 0 Å². The summed E-state index contributed by atoms with van der Waals surface area (Å²) in [6.07, 6.45) is 9.87. The number of oxime groups is 1. The van der Waals surface area contributed by atoms with Crippen molar-refractivity contribution in [1.29, 1.82) is 0 Å². The van der Waals surface area contributed by atoms with Gasteiger partial charge in [-0.3, -0.25) is 14.5 Å². The quantitative estimate of drug-likeness (QED) is 0.215. The van der Waals surface area contributed by atoms with Crippen molar-refractivity contribution in [1.82, 2.24) is 29.6 Å². The van der Waals surface area contributed by atoms with Crippen LogP contribution < -0.4 is 16.9 Å². The molecule has 0 bridgehead atoms. The van der Waals surface area contributed by atoms with Gasteiger partial charge in [-0.1, -0.05) is 5.16 Å². The number of anilines is 1. The Morgan fingerprint density at radius 3 is 2.83 bits per heavy atom. The predicted molar refractivity (Wildman–Crippen MR) is 127 cm³/mol. The Morgan fingerprint density at radius 1 is 1.40 bits per heavy atom. The Kier molecular flexibility index (Phi) is 6.92. The number of hydrogen-bond acceptors (Lipinski definition) is 13. The lowest BCUT2D eigenvalue weighted by Crippen LogP contribution is -2.54. The first-order valence-corrected chi connectivity index (χ1v) is 11.9. The molecule has 2 amide bonds. The van der Waals surface area contributed by atoms with Crippen molar-refractivity contribution in [2.24, 2.45) is 10.9 Å². The van der Waals surface area contributed by atoms with Crippen molar-refractivity contribution in [3.63, 3.8) is 0 Å². The molecule has 35 heavy (non-hydrogen) atoms. The molecule has 184 valence electrons. The highest BCUT2D eigenvalue weighted by Gasteiger charge is 2.45. The van der Waals surface area contributed by atoms with Gasteiger partial charge in [0.15, 0.2) is 5.13 Å². The molecule has 0 unspecified atom stereocenters. The molecule has 1 atom stereocenters. The van der Waals surface area contributed by atoms with E-state index in [9.17, 15) is 19.5 Å². The number of rotatable bonds is 6. The lowest BCUT2D eigenvalue weighted by molar-refractivity contribution is -0.146. The number of aromatic nitrogens is 2. The molecule has 0 aromatic carbocycles. The predicted octanol–water partition coefficient (Wildman–Crippen LogP) is -0.451. The minimum absolute atomic E-state index is 0.00790. The van der Waals surface area contributed by atoms with Crippen LogP contribution in [0.3, 0.4) is 0 Å². The van der Waals surface area contributed by atoms with E-state index in [4.69, 9.17) is 11.5 Å². The average molecular weight is 520 g/mol. The van der Waals surface area contributed by atoms with Crippen LogP contribution in [-0.4, -0.2) is 77.5 Å². The molecule has 0 spiro atoms. The number of carbonyl (C=O) groups excluding carboxylic acids is 2. The first-order valence-electron chi connectivity index (χ1n) is 10.1. The second kappa shape index (κ2) is 10.1. The summed E-state index contributed by atoms with van der Waals surface area (Å²) in [6.45, 7) is 0.458. The van der Waals surface area contributed by atoms with Crippen molar-refractivity contribution in [2.45, 2.75) is 11.8 Å². The zero-order valence-electron chi connectivity index (χ0n) is 18.3. The Morgan fingerprint density at radius 2 is 2.20 bits per heavy atom. The number of primary amides is 1. The molecule has 5 rings (SSSR count). The molecular weight excluding hydrogens is 498 g/mol. The third-order valence-electron chi connectivity index (χ3n) is 5.06. The van der Waals surface area contributed by atoms with Crippen LogP contribution in [0.15, 0.2) is 53.0 Å². The zero-order chi connectivity index (χ0) is 25.1. The Hall–Kier alpha value is -4.05. The van der Waals surface area contributed by atoms with E-state index < -0.39 is 11.9 Å². The molecular formula is C19H21N9O5S2. The molecule has 5 heterocycles. The molecule has 1 aromatic heterocycles. The number of thioether (sulfide) groups is 1. The van der Waals surface area contributed by atoms with E-state index in [1.165, 1.54) is 12.0 Å². The Labute approximate surface area is 207 Å². The van der Waals surface area contributed by atoms with Crippen molar-refractivity contribution in [3.05, 3.63) is 53.7 Å². The van der Waals surface area contributed by atoms with Gasteiger partial charge in [0.05, 0.1) is 11.8 Å². The normalized spacial score (nSPS) is 20.3. The van der Waals surface area contributed by atoms with Crippen LogP contribution in [0.5, 0.6) is 0 Å². The largest absolute Gasteiger partial charge is 0.477 e. The summed E-state index contributed by atoms with van der Waals surface area (Å²) >= 11 is 2.58. The number of carboxylic acids is 1. The van der Waals surface area contributed by atoms with Crippen LogP contribution in [0.25, 0.3) is 0 Å². The van der Waals surface area contributed by atoms with E-state index in [1.807, 2.05) is 40.7 Å². The molecule has 1 aromatic rings. The number of carbonyl (C=O) groups is 3. The molecule has 4 aliphatic heterocycles. The van der Waals surface area contributed by atoms with E-state index in [0.29, 0.717) is 18.7 Å². The smallest absolute Gasteiger partial charge is 0.352 e. The van der Waals surface area contributed by atoms with Crippen LogP contribution in [0.2, 0.25) is 0 Å². The van der Waals surface area contributed by atoms with Gasteiger partial charge in [-0.05, 0) is 17.7 Å². The van der Waals surface area contributed by atoms with Gasteiger partial charge in [0.25, 0.3) is 5.91 Å². The average Bonchev–Trinajstić information content (AvgIpc) is 3.43. The minimum atomic E-state index is -1.02. The van der Waals surface area contributed by atoms with E-state index in [1.54, 1.807) is 11.8 Å². The Balaban J connectivity index is 0.000000191. The highest BCUT2D eigenvalue weighted by Crippen LogP contribution is 2.40. The number of hydrogen-bond donors (Lipinski definition) is 4. The summed E-state index contributed by atoms with van der Waals surface area (Å²) in [5, 5.41) is 15.0. The summed E-state index contributed by atoms with van der Waals surface area (Å²) in [4.78, 5) is 45.7. The summed E-state index contributed by atoms with van der Waals surface area (Å²) in [5.74, 6) is -0.244. The fraction of sp³-hybridized carbons (Fsp3) is 0.263. The lowest BCUT2D eigenvalue weighted by Gasteiger charge is -2.44. The molecule has 16 heteroatoms. The van der Waals surface area contributed by atoms with Gasteiger partial charge in [-0.25, -0.2) is 9.80 Å². The van der Waals surface area contributed by atoms with Crippen molar-refractivity contribution in [3.8, 4) is 0 Å². The van der Waals surface area contributed by atoms with Crippen molar-refractivity contribution in [2.75, 3.05) is 25.1 Å².